The molecule has 1 rings (SSSR count). The lowest BCUT2D eigenvalue weighted by atomic mass is 9.92. The lowest BCUT2D eigenvalue weighted by Gasteiger charge is -2.17. The Balaban J connectivity index is 2.20. The fourth-order valence-corrected chi connectivity index (χ4v) is 2.17. The van der Waals surface area contributed by atoms with Gasteiger partial charge in [-0.2, -0.15) is 0 Å². The number of carboxylic acid groups (broad SMARTS) is 1. The number of hydrogen-bond acceptors (Lipinski definition) is 4. The maximum atomic E-state index is 11.5. The molecule has 0 heterocycles. The highest BCUT2D eigenvalue weighted by atomic mass is 16.5. The average Bonchev–Trinajstić information content (AvgIpc) is 2.56. The zero-order valence-corrected chi connectivity index (χ0v) is 11.2. The SMILES string of the molecule is CC1(C)CCC(NC(=O)NC(=O)COCC(=O)O)C1. The third-order valence-electron chi connectivity index (χ3n) is 3.02. The number of aliphatic carboxylic acids is 1. The van der Waals surface area contributed by atoms with Crippen molar-refractivity contribution in [2.75, 3.05) is 13.2 Å². The summed E-state index contributed by atoms with van der Waals surface area (Å²) in [6, 6.07) is -0.491. The van der Waals surface area contributed by atoms with Crippen molar-refractivity contribution in [1.82, 2.24) is 10.6 Å². The first-order valence-corrected chi connectivity index (χ1v) is 6.18. The molecule has 1 atom stereocenters. The summed E-state index contributed by atoms with van der Waals surface area (Å²) in [6.07, 6.45) is 2.81. The predicted octanol–water partition coefficient (Wildman–Crippen LogP) is 0.492. The van der Waals surface area contributed by atoms with Gasteiger partial charge in [-0.25, -0.2) is 9.59 Å². The first-order valence-electron chi connectivity index (χ1n) is 6.18. The zero-order valence-electron chi connectivity index (χ0n) is 11.2. The molecule has 0 aromatic carbocycles. The highest BCUT2D eigenvalue weighted by Crippen LogP contribution is 2.36. The molecule has 3 amide bonds. The minimum atomic E-state index is -1.16. The van der Waals surface area contributed by atoms with Crippen LogP contribution < -0.4 is 10.6 Å². The third kappa shape index (κ3) is 6.19. The molecule has 108 valence electrons. The van der Waals surface area contributed by atoms with Crippen molar-refractivity contribution in [3.05, 3.63) is 0 Å². The average molecular weight is 272 g/mol. The number of carbonyl (C=O) groups is 3. The van der Waals surface area contributed by atoms with E-state index in [1.807, 2.05) is 0 Å². The summed E-state index contributed by atoms with van der Waals surface area (Å²) >= 11 is 0. The Morgan fingerprint density at radius 1 is 1.32 bits per heavy atom. The number of urea groups is 1. The minimum Gasteiger partial charge on any atom is -0.480 e. The van der Waals surface area contributed by atoms with Gasteiger partial charge < -0.3 is 15.2 Å². The topological polar surface area (TPSA) is 105 Å². The molecule has 0 bridgehead atoms. The largest absolute Gasteiger partial charge is 0.480 e. The number of amides is 3. The van der Waals surface area contributed by atoms with Crippen LogP contribution in [-0.2, 0) is 14.3 Å². The Kier molecular flexibility index (Phi) is 5.29. The molecule has 1 saturated carbocycles. The van der Waals surface area contributed by atoms with Crippen molar-refractivity contribution in [3.63, 3.8) is 0 Å². The Bertz CT molecular complexity index is 367. The number of carbonyl (C=O) groups excluding carboxylic acids is 2. The highest BCUT2D eigenvalue weighted by molar-refractivity contribution is 5.95. The van der Waals surface area contributed by atoms with Crippen LogP contribution in [0.1, 0.15) is 33.1 Å². The van der Waals surface area contributed by atoms with Crippen molar-refractivity contribution in [2.24, 2.45) is 5.41 Å². The van der Waals surface area contributed by atoms with Crippen molar-refractivity contribution < 1.29 is 24.2 Å². The van der Waals surface area contributed by atoms with Gasteiger partial charge in [0.1, 0.15) is 13.2 Å². The maximum Gasteiger partial charge on any atom is 0.329 e. The normalized spacial score (nSPS) is 20.8. The molecular weight excluding hydrogens is 252 g/mol. The monoisotopic (exact) mass is 272 g/mol. The molecule has 7 heteroatoms. The van der Waals surface area contributed by atoms with E-state index >= 15 is 0 Å². The molecule has 1 aliphatic rings. The Labute approximate surface area is 111 Å². The molecule has 0 spiro atoms. The quantitative estimate of drug-likeness (QED) is 0.675. The number of nitrogens with one attached hydrogen (secondary N) is 2. The van der Waals surface area contributed by atoms with E-state index in [1.54, 1.807) is 0 Å². The van der Waals surface area contributed by atoms with E-state index in [9.17, 15) is 14.4 Å². The summed E-state index contributed by atoms with van der Waals surface area (Å²) < 4.78 is 4.57. The summed E-state index contributed by atoms with van der Waals surface area (Å²) in [6.45, 7) is 3.26. The van der Waals surface area contributed by atoms with E-state index < -0.39 is 31.1 Å². The standard InChI is InChI=1S/C12H20N2O5/c1-12(2)4-3-8(5-12)13-11(18)14-9(15)6-19-7-10(16)17/h8H,3-7H2,1-2H3,(H,16,17)(H2,13,14,15,18). The van der Waals surface area contributed by atoms with Gasteiger partial charge in [-0.15, -0.1) is 0 Å². The first-order chi connectivity index (χ1) is 8.78. The van der Waals surface area contributed by atoms with Crippen LogP contribution >= 0.6 is 0 Å². The van der Waals surface area contributed by atoms with Crippen LogP contribution in [0.5, 0.6) is 0 Å². The first kappa shape index (κ1) is 15.4. The van der Waals surface area contributed by atoms with E-state index in [-0.39, 0.29) is 11.5 Å². The third-order valence-corrected chi connectivity index (χ3v) is 3.02. The molecule has 19 heavy (non-hydrogen) atoms. The molecular formula is C12H20N2O5. The van der Waals surface area contributed by atoms with Crippen LogP contribution in [0.2, 0.25) is 0 Å². The van der Waals surface area contributed by atoms with Gasteiger partial charge >= 0.3 is 12.0 Å². The molecule has 0 aromatic rings. The predicted molar refractivity (Wildman–Crippen MR) is 66.5 cm³/mol. The molecule has 1 fully saturated rings. The summed E-state index contributed by atoms with van der Waals surface area (Å²) in [5.74, 6) is -1.82. The molecule has 7 nitrogen and oxygen atoms in total. The van der Waals surface area contributed by atoms with E-state index in [0.29, 0.717) is 0 Å². The van der Waals surface area contributed by atoms with E-state index in [1.165, 1.54) is 0 Å². The van der Waals surface area contributed by atoms with Gasteiger partial charge in [0.25, 0.3) is 5.91 Å². The fraction of sp³-hybridized carbons (Fsp3) is 0.750. The van der Waals surface area contributed by atoms with Gasteiger partial charge in [-0.3, -0.25) is 10.1 Å². The number of imide groups is 1. The number of hydrogen-bond donors (Lipinski definition) is 3. The summed E-state index contributed by atoms with van der Waals surface area (Å²) in [7, 11) is 0. The van der Waals surface area contributed by atoms with Crippen LogP contribution in [-0.4, -0.2) is 42.3 Å². The highest BCUT2D eigenvalue weighted by Gasteiger charge is 2.31. The molecule has 0 saturated heterocycles. The smallest absolute Gasteiger partial charge is 0.329 e. The second-order valence-corrected chi connectivity index (χ2v) is 5.51. The zero-order chi connectivity index (χ0) is 14.5. The van der Waals surface area contributed by atoms with Crippen LogP contribution in [0.25, 0.3) is 0 Å². The number of ether oxygens (including phenoxy) is 1. The lowest BCUT2D eigenvalue weighted by molar-refractivity contribution is -0.143. The van der Waals surface area contributed by atoms with E-state index in [0.717, 1.165) is 19.3 Å². The Hall–Kier alpha value is -1.63. The van der Waals surface area contributed by atoms with E-state index in [2.05, 4.69) is 29.2 Å². The molecule has 1 aliphatic carbocycles. The summed E-state index contributed by atoms with van der Waals surface area (Å²) in [5.41, 5.74) is 0.215. The molecule has 0 radical (unpaired) electrons. The van der Waals surface area contributed by atoms with Gasteiger partial charge in [0, 0.05) is 6.04 Å². The molecule has 3 N–H and O–H groups in total. The lowest BCUT2D eigenvalue weighted by Crippen LogP contribution is -2.45. The maximum absolute atomic E-state index is 11.5. The van der Waals surface area contributed by atoms with Gasteiger partial charge in [-0.1, -0.05) is 13.8 Å². The van der Waals surface area contributed by atoms with Gasteiger partial charge in [-0.05, 0) is 24.7 Å². The van der Waals surface area contributed by atoms with Crippen LogP contribution in [0.4, 0.5) is 4.79 Å². The van der Waals surface area contributed by atoms with Crippen LogP contribution in [0.3, 0.4) is 0 Å². The fourth-order valence-electron chi connectivity index (χ4n) is 2.17. The number of rotatable bonds is 5. The second-order valence-electron chi connectivity index (χ2n) is 5.51. The van der Waals surface area contributed by atoms with Gasteiger partial charge in [0.15, 0.2) is 0 Å². The van der Waals surface area contributed by atoms with Gasteiger partial charge in [0.05, 0.1) is 0 Å². The van der Waals surface area contributed by atoms with Gasteiger partial charge in [0.2, 0.25) is 0 Å². The summed E-state index contributed by atoms with van der Waals surface area (Å²) in [4.78, 5) is 32.9. The number of carboxylic acids is 1. The molecule has 1 unspecified atom stereocenters. The van der Waals surface area contributed by atoms with Crippen molar-refractivity contribution >= 4 is 17.9 Å². The van der Waals surface area contributed by atoms with Crippen molar-refractivity contribution in [2.45, 2.75) is 39.2 Å². The van der Waals surface area contributed by atoms with Crippen molar-refractivity contribution in [3.8, 4) is 0 Å². The second kappa shape index (κ2) is 6.51. The molecule has 0 aliphatic heterocycles. The minimum absolute atomic E-state index is 0.0720. The Morgan fingerprint density at radius 2 is 2.00 bits per heavy atom. The van der Waals surface area contributed by atoms with Crippen molar-refractivity contribution in [1.29, 1.82) is 0 Å². The molecule has 0 aromatic heterocycles. The van der Waals surface area contributed by atoms with Crippen LogP contribution in [0, 0.1) is 5.41 Å². The van der Waals surface area contributed by atoms with E-state index in [4.69, 9.17) is 5.11 Å². The Morgan fingerprint density at radius 3 is 2.53 bits per heavy atom. The summed E-state index contributed by atoms with van der Waals surface area (Å²) in [5, 5.41) is 13.1. The van der Waals surface area contributed by atoms with Crippen LogP contribution in [0.15, 0.2) is 0 Å².